The Kier molecular flexibility index (Phi) is 3.91. The lowest BCUT2D eigenvalue weighted by molar-refractivity contribution is -0.127. The van der Waals surface area contributed by atoms with Crippen molar-refractivity contribution in [3.05, 3.63) is 54.6 Å². The maximum Gasteiger partial charge on any atom is 0.260 e. The molecule has 1 atom stereocenters. The minimum absolute atomic E-state index is 0.0374. The molecule has 0 heterocycles. The minimum atomic E-state index is -0.465. The topological polar surface area (TPSA) is 38.3 Å². The number of hydrogen-bond donors (Lipinski definition) is 1. The van der Waals surface area contributed by atoms with E-state index < -0.39 is 6.10 Å². The minimum Gasteiger partial charge on any atom is -0.481 e. The van der Waals surface area contributed by atoms with Crippen molar-refractivity contribution in [1.82, 2.24) is 5.32 Å². The van der Waals surface area contributed by atoms with Crippen LogP contribution in [0, 0.1) is 0 Å². The number of rotatable bonds is 5. The van der Waals surface area contributed by atoms with E-state index in [0.29, 0.717) is 11.8 Å². The molecule has 1 unspecified atom stereocenters. The summed E-state index contributed by atoms with van der Waals surface area (Å²) in [5, 5.41) is 2.95. The molecule has 21 heavy (non-hydrogen) atoms. The third-order valence-electron chi connectivity index (χ3n) is 3.57. The van der Waals surface area contributed by atoms with Gasteiger partial charge >= 0.3 is 0 Å². The smallest absolute Gasteiger partial charge is 0.260 e. The first-order chi connectivity index (χ1) is 10.2. The number of benzene rings is 2. The summed E-state index contributed by atoms with van der Waals surface area (Å²) < 4.78 is 5.68. The molecule has 108 valence electrons. The molecule has 3 nitrogen and oxygen atoms in total. The van der Waals surface area contributed by atoms with Gasteiger partial charge in [-0.05, 0) is 43.0 Å². The Labute approximate surface area is 124 Å². The van der Waals surface area contributed by atoms with Crippen molar-refractivity contribution < 1.29 is 9.53 Å². The fraction of sp³-hybridized carbons (Fsp3) is 0.278. The third kappa shape index (κ3) is 3.63. The van der Waals surface area contributed by atoms with E-state index in [0.717, 1.165) is 18.4 Å². The van der Waals surface area contributed by atoms with E-state index in [-0.39, 0.29) is 5.91 Å². The molecule has 1 aliphatic carbocycles. The van der Waals surface area contributed by atoms with Gasteiger partial charge in [0, 0.05) is 6.04 Å². The average molecular weight is 281 g/mol. The van der Waals surface area contributed by atoms with E-state index in [1.807, 2.05) is 42.5 Å². The van der Waals surface area contributed by atoms with Crippen molar-refractivity contribution in [2.24, 2.45) is 0 Å². The zero-order chi connectivity index (χ0) is 14.7. The van der Waals surface area contributed by atoms with Gasteiger partial charge in [-0.2, -0.15) is 0 Å². The largest absolute Gasteiger partial charge is 0.481 e. The van der Waals surface area contributed by atoms with Gasteiger partial charge in [-0.3, -0.25) is 4.79 Å². The lowest BCUT2D eigenvalue weighted by Gasteiger charge is -2.14. The summed E-state index contributed by atoms with van der Waals surface area (Å²) in [4.78, 5) is 11.9. The maximum absolute atomic E-state index is 11.9. The van der Waals surface area contributed by atoms with Crippen LogP contribution in [-0.2, 0) is 4.79 Å². The van der Waals surface area contributed by atoms with Crippen LogP contribution < -0.4 is 10.1 Å². The second-order valence-electron chi connectivity index (χ2n) is 5.43. The quantitative estimate of drug-likeness (QED) is 0.912. The second kappa shape index (κ2) is 6.00. The van der Waals surface area contributed by atoms with Crippen molar-refractivity contribution >= 4 is 5.91 Å². The van der Waals surface area contributed by atoms with Crippen molar-refractivity contribution in [3.8, 4) is 16.9 Å². The maximum atomic E-state index is 11.9. The van der Waals surface area contributed by atoms with Gasteiger partial charge in [0.1, 0.15) is 5.75 Å². The van der Waals surface area contributed by atoms with Crippen LogP contribution in [0.15, 0.2) is 54.6 Å². The zero-order valence-corrected chi connectivity index (χ0v) is 12.1. The van der Waals surface area contributed by atoms with E-state index in [2.05, 4.69) is 17.4 Å². The standard InChI is InChI=1S/C18H19NO2/c1-13(18(20)19-16-9-10-16)21-17-11-7-15(8-12-17)14-5-3-2-4-6-14/h2-8,11-13,16H,9-10H2,1H3,(H,19,20). The molecule has 3 rings (SSSR count). The molecular formula is C18H19NO2. The molecule has 0 aromatic heterocycles. The number of ether oxygens (including phenoxy) is 1. The van der Waals surface area contributed by atoms with Gasteiger partial charge in [-0.1, -0.05) is 42.5 Å². The highest BCUT2D eigenvalue weighted by molar-refractivity contribution is 5.81. The summed E-state index contributed by atoms with van der Waals surface area (Å²) in [7, 11) is 0. The molecule has 0 saturated heterocycles. The zero-order valence-electron chi connectivity index (χ0n) is 12.1. The molecule has 2 aromatic carbocycles. The molecule has 3 heteroatoms. The third-order valence-corrected chi connectivity index (χ3v) is 3.57. The fourth-order valence-electron chi connectivity index (χ4n) is 2.16. The highest BCUT2D eigenvalue weighted by atomic mass is 16.5. The molecule has 1 fully saturated rings. The Bertz CT molecular complexity index is 603. The van der Waals surface area contributed by atoms with Gasteiger partial charge in [-0.25, -0.2) is 0 Å². The monoisotopic (exact) mass is 281 g/mol. The van der Waals surface area contributed by atoms with Crippen LogP contribution in [-0.4, -0.2) is 18.1 Å². The molecular weight excluding hydrogens is 262 g/mol. The summed E-state index contributed by atoms with van der Waals surface area (Å²) in [5.41, 5.74) is 2.31. The number of nitrogens with one attached hydrogen (secondary N) is 1. The predicted molar refractivity (Wildman–Crippen MR) is 83.1 cm³/mol. The van der Waals surface area contributed by atoms with Crippen LogP contribution in [0.4, 0.5) is 0 Å². The molecule has 0 bridgehead atoms. The lowest BCUT2D eigenvalue weighted by Crippen LogP contribution is -2.37. The van der Waals surface area contributed by atoms with E-state index >= 15 is 0 Å². The van der Waals surface area contributed by atoms with Crippen LogP contribution in [0.25, 0.3) is 11.1 Å². The first-order valence-corrected chi connectivity index (χ1v) is 7.35. The van der Waals surface area contributed by atoms with Crippen LogP contribution >= 0.6 is 0 Å². The summed E-state index contributed by atoms with van der Waals surface area (Å²) in [6.45, 7) is 1.78. The molecule has 1 amide bonds. The Balaban J connectivity index is 1.62. The molecule has 1 aliphatic rings. The first-order valence-electron chi connectivity index (χ1n) is 7.35. The molecule has 0 radical (unpaired) electrons. The number of carbonyl (C=O) groups is 1. The van der Waals surface area contributed by atoms with E-state index in [1.54, 1.807) is 6.92 Å². The highest BCUT2D eigenvalue weighted by Gasteiger charge is 2.26. The molecule has 1 N–H and O–H groups in total. The van der Waals surface area contributed by atoms with Crippen LogP contribution in [0.5, 0.6) is 5.75 Å². The summed E-state index contributed by atoms with van der Waals surface area (Å²) in [5.74, 6) is 0.678. The van der Waals surface area contributed by atoms with E-state index in [4.69, 9.17) is 4.74 Å². The molecule has 2 aromatic rings. The normalized spacial score (nSPS) is 15.3. The van der Waals surface area contributed by atoms with Crippen LogP contribution in [0.1, 0.15) is 19.8 Å². The van der Waals surface area contributed by atoms with Crippen molar-refractivity contribution in [1.29, 1.82) is 0 Å². The number of carbonyl (C=O) groups excluding carboxylic acids is 1. The molecule has 0 aliphatic heterocycles. The predicted octanol–water partition coefficient (Wildman–Crippen LogP) is 3.40. The first kappa shape index (κ1) is 13.7. The second-order valence-corrected chi connectivity index (χ2v) is 5.43. The SMILES string of the molecule is CC(Oc1ccc(-c2ccccc2)cc1)C(=O)NC1CC1. The van der Waals surface area contributed by atoms with Gasteiger partial charge in [0.25, 0.3) is 5.91 Å². The Morgan fingerprint density at radius 1 is 1.05 bits per heavy atom. The van der Waals surface area contributed by atoms with Gasteiger partial charge in [-0.15, -0.1) is 0 Å². The van der Waals surface area contributed by atoms with Crippen LogP contribution in [0.2, 0.25) is 0 Å². The highest BCUT2D eigenvalue weighted by Crippen LogP contribution is 2.23. The lowest BCUT2D eigenvalue weighted by atomic mass is 10.1. The fourth-order valence-corrected chi connectivity index (χ4v) is 2.16. The average Bonchev–Trinajstić information content (AvgIpc) is 3.33. The van der Waals surface area contributed by atoms with Crippen molar-refractivity contribution in [2.75, 3.05) is 0 Å². The van der Waals surface area contributed by atoms with E-state index in [1.165, 1.54) is 5.56 Å². The van der Waals surface area contributed by atoms with Gasteiger partial charge < -0.3 is 10.1 Å². The van der Waals surface area contributed by atoms with Crippen molar-refractivity contribution in [3.63, 3.8) is 0 Å². The Hall–Kier alpha value is -2.29. The summed E-state index contributed by atoms with van der Waals surface area (Å²) >= 11 is 0. The van der Waals surface area contributed by atoms with Crippen LogP contribution in [0.3, 0.4) is 0 Å². The van der Waals surface area contributed by atoms with Crippen molar-refractivity contribution in [2.45, 2.75) is 31.9 Å². The summed E-state index contributed by atoms with van der Waals surface area (Å²) in [6.07, 6.45) is 1.71. The van der Waals surface area contributed by atoms with Gasteiger partial charge in [0.05, 0.1) is 0 Å². The number of hydrogen-bond acceptors (Lipinski definition) is 2. The number of amides is 1. The Morgan fingerprint density at radius 3 is 2.29 bits per heavy atom. The van der Waals surface area contributed by atoms with Gasteiger partial charge in [0.15, 0.2) is 6.10 Å². The Morgan fingerprint density at radius 2 is 1.67 bits per heavy atom. The van der Waals surface area contributed by atoms with E-state index in [9.17, 15) is 4.79 Å². The summed E-state index contributed by atoms with van der Waals surface area (Å²) in [6, 6.07) is 18.4. The molecule has 1 saturated carbocycles. The van der Waals surface area contributed by atoms with Gasteiger partial charge in [0.2, 0.25) is 0 Å². The molecule has 0 spiro atoms.